The second-order valence-electron chi connectivity index (χ2n) is 6.22. The zero-order valence-electron chi connectivity index (χ0n) is 13.0. The molecule has 0 unspecified atom stereocenters. The first-order valence-electron chi connectivity index (χ1n) is 7.52. The van der Waals surface area contributed by atoms with Crippen molar-refractivity contribution < 1.29 is 8.42 Å². The summed E-state index contributed by atoms with van der Waals surface area (Å²) in [6, 6.07) is 5.43. The quantitative estimate of drug-likeness (QED) is 0.788. The molecule has 0 radical (unpaired) electrons. The van der Waals surface area contributed by atoms with Gasteiger partial charge in [0.1, 0.15) is 0 Å². The Balaban J connectivity index is 2.23. The van der Waals surface area contributed by atoms with Gasteiger partial charge in [-0.1, -0.05) is 26.0 Å². The summed E-state index contributed by atoms with van der Waals surface area (Å²) in [4.78, 5) is 0.406. The maximum absolute atomic E-state index is 12.8. The molecule has 0 bridgehead atoms. The van der Waals surface area contributed by atoms with E-state index in [1.165, 1.54) is 0 Å². The monoisotopic (exact) mass is 329 g/mol. The van der Waals surface area contributed by atoms with Gasteiger partial charge in [0.25, 0.3) is 0 Å². The zero-order chi connectivity index (χ0) is 15.6. The molecule has 0 aliphatic carbocycles. The summed E-state index contributed by atoms with van der Waals surface area (Å²) in [6.07, 6.45) is 1.90. The van der Waals surface area contributed by atoms with Gasteiger partial charge >= 0.3 is 0 Å². The van der Waals surface area contributed by atoms with Crippen LogP contribution in [0.25, 0.3) is 0 Å². The summed E-state index contributed by atoms with van der Waals surface area (Å²) in [5.74, 6) is 1.58. The standard InChI is InChI=1S/C16H24ClNO2S/c1-12(2)15-6-8-18(9-7-15)21(19,20)16-10-14(11-17)5-4-13(16)3/h4-5,10,12,15H,6-9,11H2,1-3H3. The minimum absolute atomic E-state index is 0.332. The van der Waals surface area contributed by atoms with Crippen LogP contribution in [0, 0.1) is 18.8 Å². The highest BCUT2D eigenvalue weighted by molar-refractivity contribution is 7.89. The van der Waals surface area contributed by atoms with Gasteiger partial charge < -0.3 is 0 Å². The highest BCUT2D eigenvalue weighted by Gasteiger charge is 2.31. The molecular weight excluding hydrogens is 306 g/mol. The van der Waals surface area contributed by atoms with Crippen LogP contribution >= 0.6 is 11.6 Å². The van der Waals surface area contributed by atoms with Crippen molar-refractivity contribution in [2.45, 2.75) is 44.4 Å². The number of hydrogen-bond acceptors (Lipinski definition) is 2. The van der Waals surface area contributed by atoms with E-state index in [0.717, 1.165) is 24.0 Å². The average Bonchev–Trinajstić information content (AvgIpc) is 2.47. The van der Waals surface area contributed by atoms with Crippen LogP contribution in [-0.2, 0) is 15.9 Å². The lowest BCUT2D eigenvalue weighted by Gasteiger charge is -2.33. The van der Waals surface area contributed by atoms with Gasteiger partial charge in [-0.3, -0.25) is 0 Å². The number of benzene rings is 1. The van der Waals surface area contributed by atoms with Gasteiger partial charge in [-0.25, -0.2) is 8.42 Å². The third kappa shape index (κ3) is 3.61. The smallest absolute Gasteiger partial charge is 0.207 e. The summed E-state index contributed by atoms with van der Waals surface area (Å²) in [6.45, 7) is 7.50. The Morgan fingerprint density at radius 1 is 1.29 bits per heavy atom. The molecule has 1 aromatic carbocycles. The van der Waals surface area contributed by atoms with E-state index in [2.05, 4.69) is 13.8 Å². The number of halogens is 1. The number of hydrogen-bond donors (Lipinski definition) is 0. The van der Waals surface area contributed by atoms with Gasteiger partial charge in [0.15, 0.2) is 0 Å². The largest absolute Gasteiger partial charge is 0.243 e. The molecule has 0 N–H and O–H groups in total. The highest BCUT2D eigenvalue weighted by atomic mass is 35.5. The molecule has 5 heteroatoms. The number of piperidine rings is 1. The Morgan fingerprint density at radius 3 is 2.43 bits per heavy atom. The van der Waals surface area contributed by atoms with Crippen molar-refractivity contribution in [2.75, 3.05) is 13.1 Å². The van der Waals surface area contributed by atoms with E-state index < -0.39 is 10.0 Å². The number of sulfonamides is 1. The van der Waals surface area contributed by atoms with E-state index in [1.807, 2.05) is 19.1 Å². The second kappa shape index (κ2) is 6.67. The van der Waals surface area contributed by atoms with Crippen molar-refractivity contribution in [3.8, 4) is 0 Å². The molecule has 2 rings (SSSR count). The molecular formula is C16H24ClNO2S. The lowest BCUT2D eigenvalue weighted by molar-refractivity contribution is 0.226. The van der Waals surface area contributed by atoms with Crippen LogP contribution in [0.2, 0.25) is 0 Å². The van der Waals surface area contributed by atoms with E-state index in [4.69, 9.17) is 11.6 Å². The van der Waals surface area contributed by atoms with Crippen molar-refractivity contribution >= 4 is 21.6 Å². The summed E-state index contributed by atoms with van der Waals surface area (Å²) >= 11 is 5.83. The summed E-state index contributed by atoms with van der Waals surface area (Å²) in [5, 5.41) is 0. The number of aryl methyl sites for hydroxylation is 1. The van der Waals surface area contributed by atoms with Crippen LogP contribution in [0.5, 0.6) is 0 Å². The van der Waals surface area contributed by atoms with Gasteiger partial charge in [0.2, 0.25) is 10.0 Å². The fourth-order valence-electron chi connectivity index (χ4n) is 2.93. The molecule has 1 heterocycles. The zero-order valence-corrected chi connectivity index (χ0v) is 14.5. The molecule has 21 heavy (non-hydrogen) atoms. The molecule has 0 spiro atoms. The second-order valence-corrected chi connectivity index (χ2v) is 8.39. The van der Waals surface area contributed by atoms with E-state index >= 15 is 0 Å². The Hall–Kier alpha value is -0.580. The molecule has 1 aromatic rings. The fourth-order valence-corrected chi connectivity index (χ4v) is 4.84. The molecule has 0 atom stereocenters. The normalized spacial score (nSPS) is 18.3. The average molecular weight is 330 g/mol. The molecule has 0 amide bonds. The Kier molecular flexibility index (Phi) is 5.33. The number of alkyl halides is 1. The van der Waals surface area contributed by atoms with Gasteiger partial charge in [0, 0.05) is 19.0 Å². The van der Waals surface area contributed by atoms with Crippen molar-refractivity contribution in [3.05, 3.63) is 29.3 Å². The molecule has 1 saturated heterocycles. The van der Waals surface area contributed by atoms with Crippen molar-refractivity contribution in [1.29, 1.82) is 0 Å². The first-order chi connectivity index (χ1) is 9.86. The maximum Gasteiger partial charge on any atom is 0.243 e. The van der Waals surface area contributed by atoms with Crippen molar-refractivity contribution in [1.82, 2.24) is 4.31 Å². The van der Waals surface area contributed by atoms with Crippen LogP contribution in [0.4, 0.5) is 0 Å². The summed E-state index contributed by atoms with van der Waals surface area (Å²) < 4.78 is 27.3. The van der Waals surface area contributed by atoms with Crippen LogP contribution in [-0.4, -0.2) is 25.8 Å². The first-order valence-corrected chi connectivity index (χ1v) is 9.49. The topological polar surface area (TPSA) is 37.4 Å². The van der Waals surface area contributed by atoms with Crippen LogP contribution in [0.15, 0.2) is 23.1 Å². The van der Waals surface area contributed by atoms with E-state index in [9.17, 15) is 8.42 Å². The van der Waals surface area contributed by atoms with E-state index in [0.29, 0.717) is 35.7 Å². The molecule has 0 saturated carbocycles. The number of nitrogens with zero attached hydrogens (tertiary/aromatic N) is 1. The van der Waals surface area contributed by atoms with Crippen LogP contribution < -0.4 is 0 Å². The summed E-state index contributed by atoms with van der Waals surface area (Å²) in [7, 11) is -3.40. The van der Waals surface area contributed by atoms with Gasteiger partial charge in [-0.15, -0.1) is 11.6 Å². The van der Waals surface area contributed by atoms with Crippen molar-refractivity contribution in [3.63, 3.8) is 0 Å². The third-order valence-electron chi connectivity index (χ3n) is 4.47. The van der Waals surface area contributed by atoms with Crippen LogP contribution in [0.3, 0.4) is 0 Å². The van der Waals surface area contributed by atoms with Crippen LogP contribution in [0.1, 0.15) is 37.8 Å². The minimum Gasteiger partial charge on any atom is -0.207 e. The molecule has 1 aliphatic rings. The first kappa shape index (κ1) is 16.8. The minimum atomic E-state index is -3.40. The van der Waals surface area contributed by atoms with Gasteiger partial charge in [-0.05, 0) is 48.8 Å². The fraction of sp³-hybridized carbons (Fsp3) is 0.625. The van der Waals surface area contributed by atoms with Gasteiger partial charge in [-0.2, -0.15) is 4.31 Å². The SMILES string of the molecule is Cc1ccc(CCl)cc1S(=O)(=O)N1CCC(C(C)C)CC1. The Morgan fingerprint density at radius 2 is 1.90 bits per heavy atom. The van der Waals surface area contributed by atoms with Gasteiger partial charge in [0.05, 0.1) is 4.90 Å². The summed E-state index contributed by atoms with van der Waals surface area (Å²) in [5.41, 5.74) is 1.63. The predicted molar refractivity (Wildman–Crippen MR) is 87.1 cm³/mol. The van der Waals surface area contributed by atoms with Crippen molar-refractivity contribution in [2.24, 2.45) is 11.8 Å². The Bertz CT molecular complexity index is 590. The predicted octanol–water partition coefficient (Wildman–Crippen LogP) is 3.79. The Labute approximate surface area is 133 Å². The molecule has 1 aliphatic heterocycles. The van der Waals surface area contributed by atoms with E-state index in [1.54, 1.807) is 10.4 Å². The third-order valence-corrected chi connectivity index (χ3v) is 6.82. The number of rotatable bonds is 4. The lowest BCUT2D eigenvalue weighted by Crippen LogP contribution is -2.39. The molecule has 0 aromatic heterocycles. The molecule has 118 valence electrons. The maximum atomic E-state index is 12.8. The highest BCUT2D eigenvalue weighted by Crippen LogP contribution is 2.29. The lowest BCUT2D eigenvalue weighted by atomic mass is 9.87. The molecule has 3 nitrogen and oxygen atoms in total. The molecule has 1 fully saturated rings. The van der Waals surface area contributed by atoms with E-state index in [-0.39, 0.29) is 0 Å².